The van der Waals surface area contributed by atoms with Crippen molar-refractivity contribution in [2.24, 2.45) is 5.73 Å². The quantitative estimate of drug-likeness (QED) is 0.828. The third kappa shape index (κ3) is 3.02. The minimum Gasteiger partial charge on any atom is -0.337 e. The van der Waals surface area contributed by atoms with Crippen molar-refractivity contribution in [3.05, 3.63) is 16.1 Å². The van der Waals surface area contributed by atoms with E-state index < -0.39 is 0 Å². The van der Waals surface area contributed by atoms with Gasteiger partial charge in [0.15, 0.2) is 0 Å². The first-order valence-electron chi connectivity index (χ1n) is 5.03. The van der Waals surface area contributed by atoms with Crippen LogP contribution in [0.15, 0.2) is 5.38 Å². The summed E-state index contributed by atoms with van der Waals surface area (Å²) in [6.45, 7) is 3.26. The van der Waals surface area contributed by atoms with Crippen LogP contribution in [0.3, 0.4) is 0 Å². The molecule has 6 heteroatoms. The molecule has 2 N–H and O–H groups in total. The van der Waals surface area contributed by atoms with Gasteiger partial charge in [0.1, 0.15) is 10.7 Å². The minimum atomic E-state index is -0.131. The van der Waals surface area contributed by atoms with Crippen molar-refractivity contribution in [2.45, 2.75) is 19.9 Å². The summed E-state index contributed by atoms with van der Waals surface area (Å²) >= 11 is 1.38. The van der Waals surface area contributed by atoms with Gasteiger partial charge in [0.2, 0.25) is 0 Å². The molecule has 1 aromatic heterocycles. The van der Waals surface area contributed by atoms with E-state index in [4.69, 9.17) is 11.0 Å². The fourth-order valence-corrected chi connectivity index (χ4v) is 1.90. The topological polar surface area (TPSA) is 83.0 Å². The average molecular weight is 238 g/mol. The van der Waals surface area contributed by atoms with E-state index in [0.717, 1.165) is 5.01 Å². The van der Waals surface area contributed by atoms with Crippen LogP contribution in [-0.2, 0) is 6.54 Å². The molecule has 0 saturated carbocycles. The number of hydrogen-bond acceptors (Lipinski definition) is 5. The van der Waals surface area contributed by atoms with Gasteiger partial charge in [-0.2, -0.15) is 5.26 Å². The molecule has 0 radical (unpaired) electrons. The van der Waals surface area contributed by atoms with Gasteiger partial charge in [0, 0.05) is 25.0 Å². The number of nitriles is 1. The number of thiazole rings is 1. The zero-order valence-corrected chi connectivity index (χ0v) is 9.96. The summed E-state index contributed by atoms with van der Waals surface area (Å²) in [5, 5.41) is 10.9. The molecule has 0 aliphatic carbocycles. The van der Waals surface area contributed by atoms with Crippen molar-refractivity contribution in [1.29, 1.82) is 5.26 Å². The Kier molecular flexibility index (Phi) is 4.89. The molecule has 1 aromatic rings. The first-order chi connectivity index (χ1) is 7.72. The predicted octanol–water partition coefficient (Wildman–Crippen LogP) is 0.978. The van der Waals surface area contributed by atoms with Crippen molar-refractivity contribution in [1.82, 2.24) is 9.88 Å². The lowest BCUT2D eigenvalue weighted by atomic mass is 10.3. The number of aromatic nitrogens is 1. The first kappa shape index (κ1) is 12.6. The van der Waals surface area contributed by atoms with E-state index in [2.05, 4.69) is 4.98 Å². The highest BCUT2D eigenvalue weighted by Gasteiger charge is 2.16. The Morgan fingerprint density at radius 1 is 1.75 bits per heavy atom. The van der Waals surface area contributed by atoms with Gasteiger partial charge in [-0.3, -0.25) is 4.79 Å². The van der Waals surface area contributed by atoms with Crippen LogP contribution >= 0.6 is 11.3 Å². The molecule has 0 fully saturated rings. The van der Waals surface area contributed by atoms with E-state index in [-0.39, 0.29) is 5.91 Å². The van der Waals surface area contributed by atoms with Crippen LogP contribution in [0.5, 0.6) is 0 Å². The molecule has 1 rings (SSSR count). The van der Waals surface area contributed by atoms with Crippen LogP contribution in [0.2, 0.25) is 0 Å². The summed E-state index contributed by atoms with van der Waals surface area (Å²) in [4.78, 5) is 17.7. The molecule has 0 unspecified atom stereocenters. The smallest absolute Gasteiger partial charge is 0.273 e. The monoisotopic (exact) mass is 238 g/mol. The van der Waals surface area contributed by atoms with E-state index in [1.807, 2.05) is 13.0 Å². The van der Waals surface area contributed by atoms with Crippen LogP contribution in [0.1, 0.15) is 28.8 Å². The summed E-state index contributed by atoms with van der Waals surface area (Å²) in [6, 6.07) is 2.02. The number of rotatable bonds is 5. The van der Waals surface area contributed by atoms with E-state index in [1.165, 1.54) is 11.3 Å². The van der Waals surface area contributed by atoms with Crippen LogP contribution in [0.25, 0.3) is 0 Å². The molecule has 86 valence electrons. The molecule has 0 aliphatic heterocycles. The second kappa shape index (κ2) is 6.20. The van der Waals surface area contributed by atoms with Crippen LogP contribution < -0.4 is 5.73 Å². The van der Waals surface area contributed by atoms with Gasteiger partial charge >= 0.3 is 0 Å². The van der Waals surface area contributed by atoms with Crippen molar-refractivity contribution < 1.29 is 4.79 Å². The van der Waals surface area contributed by atoms with Gasteiger partial charge in [-0.05, 0) is 6.92 Å². The maximum absolute atomic E-state index is 11.9. The second-order valence-electron chi connectivity index (χ2n) is 3.12. The number of hydrogen-bond donors (Lipinski definition) is 1. The summed E-state index contributed by atoms with van der Waals surface area (Å²) in [5.41, 5.74) is 5.85. The van der Waals surface area contributed by atoms with E-state index in [0.29, 0.717) is 31.7 Å². The number of nitrogens with two attached hydrogens (primary N) is 1. The molecule has 0 aliphatic rings. The molecule has 5 nitrogen and oxygen atoms in total. The number of carbonyl (C=O) groups is 1. The maximum Gasteiger partial charge on any atom is 0.273 e. The standard InChI is InChI=1S/C10H14N4OS/c1-2-14(5-3-4-11)10(15)8-7-16-9(6-12)13-8/h7H,2-3,5-6,12H2,1H3. The normalized spacial score (nSPS) is 9.81. The highest BCUT2D eigenvalue weighted by molar-refractivity contribution is 7.09. The Balaban J connectivity index is 2.71. The highest BCUT2D eigenvalue weighted by atomic mass is 32.1. The van der Waals surface area contributed by atoms with Crippen LogP contribution in [0, 0.1) is 11.3 Å². The minimum absolute atomic E-state index is 0.131. The first-order valence-corrected chi connectivity index (χ1v) is 5.91. The number of nitrogens with zero attached hydrogens (tertiary/aromatic N) is 3. The zero-order valence-electron chi connectivity index (χ0n) is 9.14. The maximum atomic E-state index is 11.9. The fourth-order valence-electron chi connectivity index (χ4n) is 1.25. The lowest BCUT2D eigenvalue weighted by molar-refractivity contribution is 0.0762. The number of carbonyl (C=O) groups excluding carboxylic acids is 1. The Morgan fingerprint density at radius 2 is 2.50 bits per heavy atom. The Labute approximate surface area is 98.5 Å². The molecule has 0 spiro atoms. The molecule has 0 bridgehead atoms. The molecule has 0 aromatic carbocycles. The summed E-state index contributed by atoms with van der Waals surface area (Å²) in [7, 11) is 0. The second-order valence-corrected chi connectivity index (χ2v) is 4.07. The molecule has 1 heterocycles. The Morgan fingerprint density at radius 3 is 3.00 bits per heavy atom. The van der Waals surface area contributed by atoms with Crippen molar-refractivity contribution in [3.63, 3.8) is 0 Å². The van der Waals surface area contributed by atoms with E-state index >= 15 is 0 Å². The van der Waals surface area contributed by atoms with E-state index in [1.54, 1.807) is 10.3 Å². The van der Waals surface area contributed by atoms with Gasteiger partial charge in [-0.1, -0.05) is 0 Å². The molecule has 0 atom stereocenters. The van der Waals surface area contributed by atoms with E-state index in [9.17, 15) is 4.79 Å². The van der Waals surface area contributed by atoms with Crippen molar-refractivity contribution in [2.75, 3.05) is 13.1 Å². The molecular formula is C10H14N4OS. The molecule has 1 amide bonds. The van der Waals surface area contributed by atoms with Gasteiger partial charge in [0.05, 0.1) is 12.5 Å². The SMILES string of the molecule is CCN(CCC#N)C(=O)c1csc(CN)n1. The Bertz CT molecular complexity index is 396. The van der Waals surface area contributed by atoms with Crippen molar-refractivity contribution >= 4 is 17.2 Å². The van der Waals surface area contributed by atoms with Crippen LogP contribution in [0.4, 0.5) is 0 Å². The third-order valence-electron chi connectivity index (χ3n) is 2.11. The lowest BCUT2D eigenvalue weighted by Gasteiger charge is -2.17. The van der Waals surface area contributed by atoms with Gasteiger partial charge in [0.25, 0.3) is 5.91 Å². The molecule has 0 saturated heterocycles. The van der Waals surface area contributed by atoms with Crippen LogP contribution in [-0.4, -0.2) is 28.9 Å². The molecule has 16 heavy (non-hydrogen) atoms. The lowest BCUT2D eigenvalue weighted by Crippen LogP contribution is -2.31. The predicted molar refractivity (Wildman–Crippen MR) is 61.8 cm³/mol. The Hall–Kier alpha value is -1.45. The molecular weight excluding hydrogens is 224 g/mol. The highest BCUT2D eigenvalue weighted by Crippen LogP contribution is 2.11. The third-order valence-corrected chi connectivity index (χ3v) is 2.98. The van der Waals surface area contributed by atoms with Gasteiger partial charge in [-0.15, -0.1) is 11.3 Å². The largest absolute Gasteiger partial charge is 0.337 e. The number of amides is 1. The fraction of sp³-hybridized carbons (Fsp3) is 0.500. The van der Waals surface area contributed by atoms with Crippen molar-refractivity contribution in [3.8, 4) is 6.07 Å². The summed E-state index contributed by atoms with van der Waals surface area (Å²) in [5.74, 6) is -0.131. The van der Waals surface area contributed by atoms with Gasteiger partial charge in [-0.25, -0.2) is 4.98 Å². The summed E-state index contributed by atoms with van der Waals surface area (Å²) in [6.07, 6.45) is 0.341. The zero-order chi connectivity index (χ0) is 12.0. The summed E-state index contributed by atoms with van der Waals surface area (Å²) < 4.78 is 0. The van der Waals surface area contributed by atoms with Gasteiger partial charge < -0.3 is 10.6 Å². The average Bonchev–Trinajstić information content (AvgIpc) is 2.78.